The molecular weight excluding hydrogens is 518 g/mol. The molecule has 0 atom stereocenters. The number of pyridine rings is 1. The summed E-state index contributed by atoms with van der Waals surface area (Å²) in [6.45, 7) is 0.312. The monoisotopic (exact) mass is 538 g/mol. The topological polar surface area (TPSA) is 42.4 Å². The molecule has 39 heavy (non-hydrogen) atoms. The van der Waals surface area contributed by atoms with E-state index < -0.39 is 0 Å². The molecule has 0 aliphatic carbocycles. The van der Waals surface area contributed by atoms with Crippen LogP contribution in [0.15, 0.2) is 103 Å². The van der Waals surface area contributed by atoms with Crippen LogP contribution in [0, 0.1) is 11.6 Å². The molecule has 0 saturated heterocycles. The highest BCUT2D eigenvalue weighted by molar-refractivity contribution is 6.30. The lowest BCUT2D eigenvalue weighted by molar-refractivity contribution is -0.121. The van der Waals surface area contributed by atoms with E-state index in [-0.39, 0.29) is 24.1 Å². The molecule has 6 rings (SSSR count). The molecule has 0 spiro atoms. The predicted octanol–water partition coefficient (Wildman–Crippen LogP) is 7.94. The van der Waals surface area contributed by atoms with Gasteiger partial charge in [-0.15, -0.1) is 0 Å². The second-order valence-electron chi connectivity index (χ2n) is 9.22. The van der Waals surface area contributed by atoms with Gasteiger partial charge in [-0.1, -0.05) is 35.9 Å². The maximum absolute atomic E-state index is 13.6. The molecule has 0 fully saturated rings. The first-order valence-electron chi connectivity index (χ1n) is 12.3. The Morgan fingerprint density at radius 1 is 0.718 bits per heavy atom. The van der Waals surface area contributed by atoms with Crippen LogP contribution < -0.4 is 9.64 Å². The minimum Gasteiger partial charge on any atom is -0.482 e. The smallest absolute Gasteiger partial charge is 0.265 e. The molecule has 0 bridgehead atoms. The van der Waals surface area contributed by atoms with Gasteiger partial charge in [0.1, 0.15) is 17.4 Å². The third-order valence-corrected chi connectivity index (χ3v) is 6.85. The summed E-state index contributed by atoms with van der Waals surface area (Å²) in [4.78, 5) is 19.5. The van der Waals surface area contributed by atoms with Crippen LogP contribution in [-0.2, 0) is 11.3 Å². The minimum absolute atomic E-state index is 0.0487. The summed E-state index contributed by atoms with van der Waals surface area (Å²) >= 11 is 6.04. The Bertz CT molecular complexity index is 1610. The van der Waals surface area contributed by atoms with Gasteiger partial charge in [0.05, 0.1) is 23.6 Å². The largest absolute Gasteiger partial charge is 0.482 e. The summed E-state index contributed by atoms with van der Waals surface area (Å²) in [5.74, 6) is -0.226. The molecule has 0 N–H and O–H groups in total. The normalized spacial score (nSPS) is 12.7. The van der Waals surface area contributed by atoms with Gasteiger partial charge in [-0.2, -0.15) is 0 Å². The van der Waals surface area contributed by atoms with Gasteiger partial charge in [0.15, 0.2) is 6.61 Å². The van der Waals surface area contributed by atoms with Crippen molar-refractivity contribution in [1.82, 2.24) is 4.98 Å². The van der Waals surface area contributed by atoms with Crippen LogP contribution in [0.3, 0.4) is 0 Å². The van der Waals surface area contributed by atoms with Crippen molar-refractivity contribution in [2.45, 2.75) is 6.54 Å². The summed E-state index contributed by atoms with van der Waals surface area (Å²) in [6, 6.07) is 29.1. The Labute approximate surface area is 229 Å². The Balaban J connectivity index is 1.45. The molecule has 0 unspecified atom stereocenters. The molecule has 1 aromatic heterocycles. The maximum atomic E-state index is 13.6. The van der Waals surface area contributed by atoms with Crippen molar-refractivity contribution in [3.05, 3.63) is 125 Å². The van der Waals surface area contributed by atoms with Crippen molar-refractivity contribution >= 4 is 23.2 Å². The van der Waals surface area contributed by atoms with E-state index in [1.165, 1.54) is 24.3 Å². The van der Waals surface area contributed by atoms with E-state index in [1.54, 1.807) is 41.3 Å². The van der Waals surface area contributed by atoms with Gasteiger partial charge in [0, 0.05) is 16.1 Å². The molecular formula is C32H21ClF2N2O2. The number of nitrogens with zero attached hydrogens (tertiary/aromatic N) is 2. The zero-order valence-electron chi connectivity index (χ0n) is 20.6. The summed E-state index contributed by atoms with van der Waals surface area (Å²) in [5, 5.41) is 0.624. The van der Waals surface area contributed by atoms with E-state index >= 15 is 0 Å². The van der Waals surface area contributed by atoms with E-state index in [1.807, 2.05) is 42.5 Å². The predicted molar refractivity (Wildman–Crippen MR) is 149 cm³/mol. The number of carbonyl (C=O) groups is 1. The Kier molecular flexibility index (Phi) is 6.55. The van der Waals surface area contributed by atoms with Gasteiger partial charge in [0.25, 0.3) is 5.91 Å². The van der Waals surface area contributed by atoms with Gasteiger partial charge in [-0.05, 0) is 95.6 Å². The summed E-state index contributed by atoms with van der Waals surface area (Å²) in [7, 11) is 0. The second-order valence-corrected chi connectivity index (χ2v) is 9.65. The molecule has 4 aromatic carbocycles. The third kappa shape index (κ3) is 5.24. The number of benzene rings is 4. The quantitative estimate of drug-likeness (QED) is 0.228. The summed E-state index contributed by atoms with van der Waals surface area (Å²) in [5.41, 5.74) is 5.98. The lowest BCUT2D eigenvalue weighted by Gasteiger charge is -2.30. The fourth-order valence-corrected chi connectivity index (χ4v) is 4.69. The number of ether oxygens (including phenoxy) is 1. The fraction of sp³-hybridized carbons (Fsp3) is 0.0625. The number of hydrogen-bond acceptors (Lipinski definition) is 3. The average molecular weight is 539 g/mol. The van der Waals surface area contributed by atoms with Crippen molar-refractivity contribution in [3.8, 4) is 39.4 Å². The van der Waals surface area contributed by atoms with Crippen LogP contribution in [0.5, 0.6) is 5.75 Å². The van der Waals surface area contributed by atoms with Crippen molar-refractivity contribution in [3.63, 3.8) is 0 Å². The third-order valence-electron chi connectivity index (χ3n) is 6.59. The molecule has 1 aliphatic heterocycles. The van der Waals surface area contributed by atoms with Crippen molar-refractivity contribution in [2.75, 3.05) is 11.5 Å². The molecule has 5 aromatic rings. The van der Waals surface area contributed by atoms with Crippen LogP contribution in [0.25, 0.3) is 33.6 Å². The first-order chi connectivity index (χ1) is 18.9. The number of amides is 1. The molecule has 2 heterocycles. The second kappa shape index (κ2) is 10.3. The van der Waals surface area contributed by atoms with Crippen molar-refractivity contribution in [2.24, 2.45) is 0 Å². The number of anilines is 1. The van der Waals surface area contributed by atoms with Crippen LogP contribution >= 0.6 is 11.6 Å². The van der Waals surface area contributed by atoms with E-state index in [4.69, 9.17) is 21.3 Å². The maximum Gasteiger partial charge on any atom is 0.265 e. The SMILES string of the molecule is O=C1COc2ccc(-c3cc(-c4ccc(F)cc4)cc(-c4ccc(F)cc4)n3)cc2N1Cc1ccc(Cl)cc1. The fourth-order valence-electron chi connectivity index (χ4n) is 4.56. The van der Waals surface area contributed by atoms with Gasteiger partial charge < -0.3 is 9.64 Å². The van der Waals surface area contributed by atoms with Gasteiger partial charge in [-0.3, -0.25) is 4.79 Å². The standard InChI is InChI=1S/C32H21ClF2N2O2/c33-25-8-1-20(2-9-25)18-37-30-17-23(7-14-31(30)39-19-32(37)38)29-16-24(21-3-10-26(34)11-4-21)15-28(36-29)22-5-12-27(35)13-6-22/h1-17H,18-19H2. The number of carbonyl (C=O) groups excluding carboxylic acids is 1. The Morgan fingerprint density at radius 3 is 1.97 bits per heavy atom. The Hall–Kier alpha value is -4.55. The highest BCUT2D eigenvalue weighted by Crippen LogP contribution is 2.38. The van der Waals surface area contributed by atoms with E-state index in [0.717, 1.165) is 27.8 Å². The zero-order chi connectivity index (χ0) is 26.9. The summed E-state index contributed by atoms with van der Waals surface area (Å²) in [6.07, 6.45) is 0. The lowest BCUT2D eigenvalue weighted by atomic mass is 9.99. The number of hydrogen-bond donors (Lipinski definition) is 0. The van der Waals surface area contributed by atoms with Crippen LogP contribution in [-0.4, -0.2) is 17.5 Å². The number of rotatable bonds is 5. The van der Waals surface area contributed by atoms with E-state index in [9.17, 15) is 13.6 Å². The highest BCUT2D eigenvalue weighted by atomic mass is 35.5. The van der Waals surface area contributed by atoms with Crippen LogP contribution in [0.1, 0.15) is 5.56 Å². The molecule has 7 heteroatoms. The first-order valence-corrected chi connectivity index (χ1v) is 12.7. The summed E-state index contributed by atoms with van der Waals surface area (Å²) < 4.78 is 33.0. The Morgan fingerprint density at radius 2 is 1.31 bits per heavy atom. The van der Waals surface area contributed by atoms with E-state index in [0.29, 0.717) is 34.4 Å². The number of fused-ring (bicyclic) bond motifs is 1. The van der Waals surface area contributed by atoms with Crippen LogP contribution in [0.4, 0.5) is 14.5 Å². The number of halogens is 3. The number of aromatic nitrogens is 1. The minimum atomic E-state index is -0.339. The first kappa shape index (κ1) is 24.8. The van der Waals surface area contributed by atoms with E-state index in [2.05, 4.69) is 0 Å². The zero-order valence-corrected chi connectivity index (χ0v) is 21.3. The molecule has 4 nitrogen and oxygen atoms in total. The molecule has 192 valence electrons. The van der Waals surface area contributed by atoms with Gasteiger partial charge in [-0.25, -0.2) is 13.8 Å². The van der Waals surface area contributed by atoms with Crippen molar-refractivity contribution in [1.29, 1.82) is 0 Å². The van der Waals surface area contributed by atoms with Gasteiger partial charge in [0.2, 0.25) is 0 Å². The average Bonchev–Trinajstić information content (AvgIpc) is 2.96. The highest BCUT2D eigenvalue weighted by Gasteiger charge is 2.26. The van der Waals surface area contributed by atoms with Crippen LogP contribution in [0.2, 0.25) is 5.02 Å². The van der Waals surface area contributed by atoms with Gasteiger partial charge >= 0.3 is 0 Å². The lowest BCUT2D eigenvalue weighted by Crippen LogP contribution is -2.38. The molecule has 1 amide bonds. The molecule has 0 saturated carbocycles. The van der Waals surface area contributed by atoms with Crippen molar-refractivity contribution < 1.29 is 18.3 Å². The molecule has 0 radical (unpaired) electrons. The molecule has 1 aliphatic rings.